The van der Waals surface area contributed by atoms with E-state index in [4.69, 9.17) is 4.74 Å². The van der Waals surface area contributed by atoms with Crippen molar-refractivity contribution in [1.29, 1.82) is 0 Å². The molecule has 12 heteroatoms. The number of fused-ring (bicyclic) bond motifs is 1. The van der Waals surface area contributed by atoms with Crippen LogP contribution in [0.15, 0.2) is 64.7 Å². The fraction of sp³-hybridized carbons (Fsp3) is 0.444. The molecule has 48 heavy (non-hydrogen) atoms. The lowest BCUT2D eigenvalue weighted by Gasteiger charge is -2.49. The highest BCUT2D eigenvalue weighted by atomic mass is 32.2. The van der Waals surface area contributed by atoms with E-state index in [1.54, 1.807) is 6.07 Å². The number of ether oxygens (including phenoxy) is 1. The molecule has 4 atom stereocenters. The Morgan fingerprint density at radius 3 is 2.71 bits per heavy atom. The fourth-order valence-corrected chi connectivity index (χ4v) is 9.43. The third-order valence-electron chi connectivity index (χ3n) is 9.00. The number of benzene rings is 1. The van der Waals surface area contributed by atoms with Crippen molar-refractivity contribution < 1.29 is 34.1 Å². The highest BCUT2D eigenvalue weighted by molar-refractivity contribution is 8.13. The summed E-state index contributed by atoms with van der Waals surface area (Å²) in [6.07, 6.45) is 7.84. The summed E-state index contributed by atoms with van der Waals surface area (Å²) in [6, 6.07) is 6.49. The minimum atomic E-state index is -1.27. The lowest BCUT2D eigenvalue weighted by molar-refractivity contribution is -0.150. The summed E-state index contributed by atoms with van der Waals surface area (Å²) in [4.78, 5) is 53.5. The van der Waals surface area contributed by atoms with Gasteiger partial charge in [0.2, 0.25) is 5.91 Å². The average Bonchev–Trinajstić information content (AvgIpc) is 3.55. The maximum Gasteiger partial charge on any atom is 0.373 e. The normalized spacial score (nSPS) is 22.0. The summed E-state index contributed by atoms with van der Waals surface area (Å²) in [7, 11) is 0. The molecule has 1 aromatic heterocycles. The first kappa shape index (κ1) is 35.8. The first-order chi connectivity index (χ1) is 23.0. The number of carbonyl (C=O) groups excluding carboxylic acids is 3. The molecule has 0 radical (unpaired) electrons. The van der Waals surface area contributed by atoms with Crippen LogP contribution >= 0.6 is 34.9 Å². The summed E-state index contributed by atoms with van der Waals surface area (Å²) in [5.74, 6) is -1.52. The van der Waals surface area contributed by atoms with Gasteiger partial charge < -0.3 is 20.3 Å². The van der Waals surface area contributed by atoms with Crippen molar-refractivity contribution in [3.05, 3.63) is 80.7 Å². The zero-order chi connectivity index (χ0) is 34.5. The van der Waals surface area contributed by atoms with Gasteiger partial charge in [-0.05, 0) is 91.9 Å². The van der Waals surface area contributed by atoms with E-state index in [2.05, 4.69) is 31.8 Å². The number of thiophene rings is 1. The zero-order valence-corrected chi connectivity index (χ0v) is 29.9. The summed E-state index contributed by atoms with van der Waals surface area (Å²) in [5, 5.41) is 24.9. The summed E-state index contributed by atoms with van der Waals surface area (Å²) < 4.78 is 5.96. The molecule has 3 aliphatic rings. The molecule has 2 aromatic rings. The van der Waals surface area contributed by atoms with Crippen molar-refractivity contribution >= 4 is 57.9 Å². The van der Waals surface area contributed by atoms with Crippen molar-refractivity contribution in [2.45, 2.75) is 83.1 Å². The Labute approximate surface area is 293 Å². The fourth-order valence-electron chi connectivity index (χ4n) is 6.57. The number of aliphatic carboxylic acids is 1. The van der Waals surface area contributed by atoms with Gasteiger partial charge in [0.25, 0.3) is 5.91 Å². The van der Waals surface area contributed by atoms with Crippen LogP contribution in [0.5, 0.6) is 11.5 Å². The monoisotopic (exact) mass is 710 g/mol. The van der Waals surface area contributed by atoms with Crippen LogP contribution in [-0.2, 0) is 27.2 Å². The molecular formula is C36H42N2O7S3. The molecule has 0 unspecified atom stereocenters. The van der Waals surface area contributed by atoms with Crippen LogP contribution in [-0.4, -0.2) is 61.1 Å². The van der Waals surface area contributed by atoms with Gasteiger partial charge in [-0.15, -0.1) is 23.1 Å². The quantitative estimate of drug-likeness (QED) is 0.0841. The molecule has 2 amide bonds. The van der Waals surface area contributed by atoms with E-state index in [-0.39, 0.29) is 47.1 Å². The molecule has 5 rings (SSSR count). The third-order valence-corrected chi connectivity index (χ3v) is 12.0. The number of thioether (sulfide) groups is 2. The van der Waals surface area contributed by atoms with Crippen LogP contribution in [0, 0.1) is 5.92 Å². The first-order valence-electron chi connectivity index (χ1n) is 16.2. The van der Waals surface area contributed by atoms with Crippen LogP contribution in [0.2, 0.25) is 0 Å². The number of amides is 2. The van der Waals surface area contributed by atoms with Crippen molar-refractivity contribution in [2.24, 2.45) is 5.92 Å². The largest absolute Gasteiger partial charge is 0.507 e. The number of carboxylic acid groups (broad SMARTS) is 1. The van der Waals surface area contributed by atoms with E-state index in [0.29, 0.717) is 16.9 Å². The number of aromatic hydroxyl groups is 1. The number of β-lactam (4-membered cyclic amide) rings is 1. The van der Waals surface area contributed by atoms with Crippen molar-refractivity contribution in [3.8, 4) is 11.5 Å². The van der Waals surface area contributed by atoms with E-state index in [1.165, 1.54) is 33.6 Å². The van der Waals surface area contributed by atoms with Gasteiger partial charge in [0.1, 0.15) is 28.6 Å². The number of rotatable bonds is 13. The minimum Gasteiger partial charge on any atom is -0.507 e. The van der Waals surface area contributed by atoms with Gasteiger partial charge in [0, 0.05) is 27.9 Å². The number of carboxylic acids is 1. The number of hydrogen-bond acceptors (Lipinski definition) is 9. The van der Waals surface area contributed by atoms with Crippen molar-refractivity contribution in [1.82, 2.24) is 10.2 Å². The van der Waals surface area contributed by atoms with Crippen molar-refractivity contribution in [2.75, 3.05) is 11.5 Å². The Morgan fingerprint density at radius 2 is 2.02 bits per heavy atom. The maximum absolute atomic E-state index is 13.4. The van der Waals surface area contributed by atoms with E-state index in [9.17, 15) is 29.4 Å². The summed E-state index contributed by atoms with van der Waals surface area (Å²) in [5.41, 5.74) is 3.88. The number of allylic oxidation sites excluding steroid dienone is 3. The Hall–Kier alpha value is -3.48. The lowest BCUT2D eigenvalue weighted by atomic mass is 9.73. The van der Waals surface area contributed by atoms with Gasteiger partial charge in [0.05, 0.1) is 6.42 Å². The average molecular weight is 711 g/mol. The molecule has 3 N–H and O–H groups in total. The molecule has 0 spiro atoms. The molecule has 1 fully saturated rings. The van der Waals surface area contributed by atoms with Gasteiger partial charge in [-0.1, -0.05) is 49.6 Å². The molecular weight excluding hydrogens is 669 g/mol. The molecule has 3 heterocycles. The minimum absolute atomic E-state index is 0.00765. The molecule has 0 saturated carbocycles. The molecule has 2 aliphatic heterocycles. The van der Waals surface area contributed by atoms with E-state index in [1.807, 2.05) is 30.5 Å². The highest BCUT2D eigenvalue weighted by Gasteiger charge is 2.54. The number of aryl methyl sites for hydroxylation is 1. The first-order valence-corrected chi connectivity index (χ1v) is 19.1. The van der Waals surface area contributed by atoms with Crippen LogP contribution in [0.3, 0.4) is 0 Å². The van der Waals surface area contributed by atoms with Gasteiger partial charge in [0.15, 0.2) is 0 Å². The second kappa shape index (κ2) is 15.8. The number of phenolic OH excluding ortho intramolecular Hbond substituents is 1. The molecule has 1 aromatic carbocycles. The second-order valence-corrected chi connectivity index (χ2v) is 15.7. The molecule has 1 aliphatic carbocycles. The number of unbranched alkanes of at least 4 members (excludes halogenated alkanes) is 2. The maximum atomic E-state index is 13.4. The number of nitrogens with one attached hydrogen (secondary N) is 1. The topological polar surface area (TPSA) is 133 Å². The van der Waals surface area contributed by atoms with E-state index >= 15 is 0 Å². The van der Waals surface area contributed by atoms with Gasteiger partial charge in [-0.3, -0.25) is 14.5 Å². The van der Waals surface area contributed by atoms with E-state index in [0.717, 1.165) is 66.3 Å². The SMILES string of the molecule is C=C(C)[C@@H]1CCC(C)=C[C@H]1c1c(O)cc(CCCCC)cc1OC(=O)SCC1=C(C(=O)O)N2C(=O)[C@@H](NC(=O)Cc3cccs3)[C@H]2SC1. The van der Waals surface area contributed by atoms with Gasteiger partial charge >= 0.3 is 11.3 Å². The number of nitrogens with zero attached hydrogens (tertiary/aromatic N) is 1. The van der Waals surface area contributed by atoms with Crippen LogP contribution in [0.4, 0.5) is 4.79 Å². The lowest BCUT2D eigenvalue weighted by Crippen LogP contribution is -2.70. The number of carbonyl (C=O) groups is 4. The van der Waals surface area contributed by atoms with E-state index < -0.39 is 28.6 Å². The zero-order valence-electron chi connectivity index (χ0n) is 27.5. The second-order valence-electron chi connectivity index (χ2n) is 12.6. The molecule has 1 saturated heterocycles. The van der Waals surface area contributed by atoms with Crippen LogP contribution < -0.4 is 10.1 Å². The Morgan fingerprint density at radius 1 is 1.23 bits per heavy atom. The van der Waals surface area contributed by atoms with Gasteiger partial charge in [-0.25, -0.2) is 9.59 Å². The standard InChI is InChI=1S/C36H42N2O7S3/c1-5-6-7-9-22-15-27(39)30(26-14-21(4)11-12-25(26)20(2)3)28(16-22)45-36(44)48-19-23-18-47-34-31(33(41)38(34)32(23)35(42)43)37-29(40)17-24-10-8-13-46-24/h8,10,13-16,25-26,31,34,39H,2,5-7,9,11-12,17-19H2,1,3-4H3,(H,37,40)(H,42,43)/t25-,26+,31+,34+/m0/s1. The van der Waals surface area contributed by atoms with Crippen molar-refractivity contribution in [3.63, 3.8) is 0 Å². The highest BCUT2D eigenvalue weighted by Crippen LogP contribution is 2.47. The molecule has 9 nitrogen and oxygen atoms in total. The predicted molar refractivity (Wildman–Crippen MR) is 192 cm³/mol. The van der Waals surface area contributed by atoms with Crippen LogP contribution in [0.1, 0.15) is 74.8 Å². The number of hydrogen-bond donors (Lipinski definition) is 3. The Kier molecular flexibility index (Phi) is 11.8. The smallest absolute Gasteiger partial charge is 0.373 e. The predicted octanol–water partition coefficient (Wildman–Crippen LogP) is 7.42. The Bertz CT molecular complexity index is 1650. The molecule has 0 bridgehead atoms. The number of phenols is 1. The van der Waals surface area contributed by atoms with Gasteiger partial charge in [-0.2, -0.15) is 0 Å². The summed E-state index contributed by atoms with van der Waals surface area (Å²) >= 11 is 3.63. The Balaban J connectivity index is 1.32. The summed E-state index contributed by atoms with van der Waals surface area (Å²) in [6.45, 7) is 10.4. The van der Waals surface area contributed by atoms with Crippen LogP contribution in [0.25, 0.3) is 0 Å². The molecule has 256 valence electrons. The third kappa shape index (κ3) is 8.03.